The van der Waals surface area contributed by atoms with E-state index in [-0.39, 0.29) is 11.4 Å². The van der Waals surface area contributed by atoms with Gasteiger partial charge >= 0.3 is 0 Å². The van der Waals surface area contributed by atoms with Crippen LogP contribution in [0.5, 0.6) is 0 Å². The Kier molecular flexibility index (Phi) is 2.76. The molecule has 1 amide bonds. The van der Waals surface area contributed by atoms with E-state index in [1.807, 2.05) is 12.1 Å². The third-order valence-electron chi connectivity index (χ3n) is 5.37. The smallest absolute Gasteiger partial charge is 0.244 e. The minimum Gasteiger partial charge on any atom is -0.465 e. The van der Waals surface area contributed by atoms with Crippen LogP contribution in [0.3, 0.4) is 0 Å². The van der Waals surface area contributed by atoms with Gasteiger partial charge in [-0.3, -0.25) is 4.79 Å². The summed E-state index contributed by atoms with van der Waals surface area (Å²) in [6, 6.07) is 3.69. The average Bonchev–Trinajstić information content (AvgIpc) is 2.87. The molecule has 1 aromatic rings. The Labute approximate surface area is 119 Å². The molecule has 1 aromatic heterocycles. The quantitative estimate of drug-likeness (QED) is 0.856. The van der Waals surface area contributed by atoms with Gasteiger partial charge in [0.15, 0.2) is 0 Å². The molecule has 4 saturated carbocycles. The van der Waals surface area contributed by atoms with E-state index in [0.29, 0.717) is 0 Å². The Morgan fingerprint density at radius 2 is 1.85 bits per heavy atom. The van der Waals surface area contributed by atoms with Gasteiger partial charge in [-0.25, -0.2) is 0 Å². The first-order valence-electron chi connectivity index (χ1n) is 7.74. The SMILES string of the molecule is O=C(/C=C/c1ccco1)NC12CC3CC(CC(C3)C1)C2. The summed E-state index contributed by atoms with van der Waals surface area (Å²) in [6.07, 6.45) is 12.8. The number of furan rings is 1. The summed E-state index contributed by atoms with van der Waals surface area (Å²) in [7, 11) is 0. The fourth-order valence-electron chi connectivity index (χ4n) is 5.11. The van der Waals surface area contributed by atoms with Crippen molar-refractivity contribution in [2.75, 3.05) is 0 Å². The summed E-state index contributed by atoms with van der Waals surface area (Å²) < 4.78 is 5.21. The van der Waals surface area contributed by atoms with Crippen molar-refractivity contribution in [1.29, 1.82) is 0 Å². The standard InChI is InChI=1S/C17H21NO2/c19-16(4-3-15-2-1-5-20-15)18-17-9-12-6-13(10-17)8-14(7-12)11-17/h1-5,12-14H,6-11H2,(H,18,19)/b4-3+. The molecule has 4 aliphatic rings. The van der Waals surface area contributed by atoms with Gasteiger partial charge in [0.1, 0.15) is 5.76 Å². The maximum atomic E-state index is 12.2. The third kappa shape index (κ3) is 2.19. The summed E-state index contributed by atoms with van der Waals surface area (Å²) >= 11 is 0. The maximum absolute atomic E-state index is 12.2. The van der Waals surface area contributed by atoms with Crippen molar-refractivity contribution in [1.82, 2.24) is 5.32 Å². The molecule has 3 nitrogen and oxygen atoms in total. The largest absolute Gasteiger partial charge is 0.465 e. The first kappa shape index (κ1) is 12.2. The summed E-state index contributed by atoms with van der Waals surface area (Å²) in [6.45, 7) is 0. The lowest BCUT2D eigenvalue weighted by molar-refractivity contribution is -0.122. The van der Waals surface area contributed by atoms with E-state index in [1.54, 1.807) is 18.4 Å². The lowest BCUT2D eigenvalue weighted by atomic mass is 9.53. The molecule has 0 aliphatic heterocycles. The van der Waals surface area contributed by atoms with Crippen LogP contribution >= 0.6 is 0 Å². The van der Waals surface area contributed by atoms with E-state index in [1.165, 1.54) is 38.5 Å². The zero-order chi connectivity index (χ0) is 13.6. The number of carbonyl (C=O) groups is 1. The van der Waals surface area contributed by atoms with Crippen LogP contribution in [0.2, 0.25) is 0 Å². The van der Waals surface area contributed by atoms with Gasteiger partial charge in [-0.05, 0) is 74.5 Å². The number of hydrogen-bond acceptors (Lipinski definition) is 2. The third-order valence-corrected chi connectivity index (χ3v) is 5.37. The molecule has 1 heterocycles. The van der Waals surface area contributed by atoms with Gasteiger partial charge in [0.2, 0.25) is 5.91 Å². The molecule has 5 rings (SSSR count). The first-order valence-corrected chi connectivity index (χ1v) is 7.74. The second kappa shape index (κ2) is 4.51. The molecule has 4 fully saturated rings. The highest BCUT2D eigenvalue weighted by Crippen LogP contribution is 2.55. The molecule has 20 heavy (non-hydrogen) atoms. The Bertz CT molecular complexity index is 494. The number of carbonyl (C=O) groups excluding carboxylic acids is 1. The summed E-state index contributed by atoms with van der Waals surface area (Å²) in [4.78, 5) is 12.2. The van der Waals surface area contributed by atoms with Crippen LogP contribution in [-0.2, 0) is 4.79 Å². The van der Waals surface area contributed by atoms with Crippen LogP contribution in [-0.4, -0.2) is 11.4 Å². The van der Waals surface area contributed by atoms with Gasteiger partial charge in [-0.1, -0.05) is 0 Å². The predicted molar refractivity (Wildman–Crippen MR) is 76.8 cm³/mol. The molecule has 3 heteroatoms. The molecular formula is C17H21NO2. The summed E-state index contributed by atoms with van der Waals surface area (Å²) in [5.74, 6) is 3.33. The molecule has 0 aromatic carbocycles. The minimum absolute atomic E-state index is 0.0309. The van der Waals surface area contributed by atoms with Crippen LogP contribution in [0.4, 0.5) is 0 Å². The maximum Gasteiger partial charge on any atom is 0.244 e. The number of nitrogens with one attached hydrogen (secondary N) is 1. The topological polar surface area (TPSA) is 42.2 Å². The highest BCUT2D eigenvalue weighted by Gasteiger charge is 2.51. The fraction of sp³-hybridized carbons (Fsp3) is 0.588. The van der Waals surface area contributed by atoms with Crippen molar-refractivity contribution in [3.63, 3.8) is 0 Å². The summed E-state index contributed by atoms with van der Waals surface area (Å²) in [5.41, 5.74) is 0.0966. The molecular weight excluding hydrogens is 250 g/mol. The summed E-state index contributed by atoms with van der Waals surface area (Å²) in [5, 5.41) is 3.32. The van der Waals surface area contributed by atoms with Crippen molar-refractivity contribution in [3.8, 4) is 0 Å². The molecule has 4 aliphatic carbocycles. The van der Waals surface area contributed by atoms with E-state index in [9.17, 15) is 4.79 Å². The Balaban J connectivity index is 1.44. The van der Waals surface area contributed by atoms with E-state index in [2.05, 4.69) is 5.32 Å². The van der Waals surface area contributed by atoms with Crippen LogP contribution < -0.4 is 5.32 Å². The zero-order valence-electron chi connectivity index (χ0n) is 11.7. The number of rotatable bonds is 3. The van der Waals surface area contributed by atoms with Gasteiger partial charge in [-0.15, -0.1) is 0 Å². The van der Waals surface area contributed by atoms with Gasteiger partial charge < -0.3 is 9.73 Å². The van der Waals surface area contributed by atoms with E-state index in [4.69, 9.17) is 4.42 Å². The Morgan fingerprint density at radius 1 is 1.20 bits per heavy atom. The van der Waals surface area contributed by atoms with Crippen LogP contribution in [0.25, 0.3) is 6.08 Å². The minimum atomic E-state index is 0.0309. The molecule has 0 atom stereocenters. The van der Waals surface area contributed by atoms with Crippen molar-refractivity contribution in [2.45, 2.75) is 44.1 Å². The first-order chi connectivity index (χ1) is 9.71. The van der Waals surface area contributed by atoms with E-state index in [0.717, 1.165) is 23.5 Å². The van der Waals surface area contributed by atoms with E-state index >= 15 is 0 Å². The molecule has 4 bridgehead atoms. The van der Waals surface area contributed by atoms with Gasteiger partial charge in [-0.2, -0.15) is 0 Å². The highest BCUT2D eigenvalue weighted by molar-refractivity contribution is 5.91. The molecule has 0 spiro atoms. The molecule has 106 valence electrons. The highest BCUT2D eigenvalue weighted by atomic mass is 16.3. The lowest BCUT2D eigenvalue weighted by Gasteiger charge is -2.56. The van der Waals surface area contributed by atoms with Crippen LogP contribution in [0.15, 0.2) is 28.9 Å². The van der Waals surface area contributed by atoms with Crippen LogP contribution in [0.1, 0.15) is 44.3 Å². The van der Waals surface area contributed by atoms with Crippen molar-refractivity contribution < 1.29 is 9.21 Å². The van der Waals surface area contributed by atoms with E-state index < -0.39 is 0 Å². The number of hydrogen-bond donors (Lipinski definition) is 1. The van der Waals surface area contributed by atoms with Gasteiger partial charge in [0.05, 0.1) is 6.26 Å². The fourth-order valence-corrected chi connectivity index (χ4v) is 5.11. The molecule has 0 saturated heterocycles. The van der Waals surface area contributed by atoms with Gasteiger partial charge in [0.25, 0.3) is 0 Å². The van der Waals surface area contributed by atoms with Gasteiger partial charge in [0, 0.05) is 11.6 Å². The second-order valence-electron chi connectivity index (χ2n) is 7.04. The lowest BCUT2D eigenvalue weighted by Crippen LogP contribution is -2.59. The van der Waals surface area contributed by atoms with Crippen LogP contribution in [0, 0.1) is 17.8 Å². The Morgan fingerprint density at radius 3 is 2.40 bits per heavy atom. The van der Waals surface area contributed by atoms with Crippen molar-refractivity contribution in [2.24, 2.45) is 17.8 Å². The van der Waals surface area contributed by atoms with Crippen molar-refractivity contribution >= 4 is 12.0 Å². The zero-order valence-corrected chi connectivity index (χ0v) is 11.7. The monoisotopic (exact) mass is 271 g/mol. The molecule has 1 N–H and O–H groups in total. The predicted octanol–water partition coefficient (Wildman–Crippen LogP) is 3.38. The Hall–Kier alpha value is -1.51. The average molecular weight is 271 g/mol. The van der Waals surface area contributed by atoms with Crippen molar-refractivity contribution in [3.05, 3.63) is 30.2 Å². The molecule has 0 unspecified atom stereocenters. The number of amides is 1. The normalized spacial score (nSPS) is 38.5. The molecule has 0 radical (unpaired) electrons. The second-order valence-corrected chi connectivity index (χ2v) is 7.04.